The van der Waals surface area contributed by atoms with E-state index in [1.165, 1.54) is 16.7 Å². The van der Waals surface area contributed by atoms with E-state index in [4.69, 9.17) is 0 Å². The first kappa shape index (κ1) is 18.6. The summed E-state index contributed by atoms with van der Waals surface area (Å²) in [6.07, 6.45) is 11.2. The first-order valence-electron chi connectivity index (χ1n) is 11.4. The van der Waals surface area contributed by atoms with Crippen molar-refractivity contribution in [3.05, 3.63) is 89.6 Å². The molecule has 0 spiro atoms. The molecule has 0 amide bonds. The topological polar surface area (TPSA) is 42.0 Å². The smallest absolute Gasteiger partial charge is 0.161 e. The number of Topliss-reactive ketones (excluding diaryl/α,β-unsaturated/α-hetero) is 1. The summed E-state index contributed by atoms with van der Waals surface area (Å²) in [7, 11) is 0. The second kappa shape index (κ2) is 7.49. The van der Waals surface area contributed by atoms with Crippen LogP contribution in [-0.4, -0.2) is 16.8 Å². The van der Waals surface area contributed by atoms with Gasteiger partial charge in [-0.2, -0.15) is 0 Å². The molecule has 154 valence electrons. The number of benzene rings is 2. The number of fused-ring (bicyclic) bond motifs is 4. The first-order chi connectivity index (χ1) is 15.3. The summed E-state index contributed by atoms with van der Waals surface area (Å²) >= 11 is 0. The maximum atomic E-state index is 13.7. The lowest BCUT2D eigenvalue weighted by molar-refractivity contribution is -0.116. The van der Waals surface area contributed by atoms with Gasteiger partial charge in [0, 0.05) is 34.8 Å². The Morgan fingerprint density at radius 2 is 1.84 bits per heavy atom. The lowest BCUT2D eigenvalue weighted by Crippen LogP contribution is -2.40. The molecule has 2 aromatic carbocycles. The zero-order chi connectivity index (χ0) is 20.8. The molecule has 3 aromatic rings. The molecule has 0 radical (unpaired) electrons. The fourth-order valence-corrected chi connectivity index (χ4v) is 5.80. The number of rotatable bonds is 2. The van der Waals surface area contributed by atoms with Crippen LogP contribution in [0.3, 0.4) is 0 Å². The van der Waals surface area contributed by atoms with Gasteiger partial charge in [-0.25, -0.2) is 0 Å². The van der Waals surface area contributed by atoms with Gasteiger partial charge in [-0.3, -0.25) is 9.78 Å². The highest BCUT2D eigenvalue weighted by Gasteiger charge is 2.40. The normalized spacial score (nSPS) is 25.2. The molecular formula is C28H26N2O. The summed E-state index contributed by atoms with van der Waals surface area (Å²) in [6.45, 7) is 0. The van der Waals surface area contributed by atoms with E-state index < -0.39 is 0 Å². The van der Waals surface area contributed by atoms with Crippen molar-refractivity contribution in [2.45, 2.75) is 44.1 Å². The van der Waals surface area contributed by atoms with Gasteiger partial charge in [-0.05, 0) is 66.9 Å². The third-order valence-corrected chi connectivity index (χ3v) is 7.27. The Morgan fingerprint density at radius 1 is 0.935 bits per heavy atom. The van der Waals surface area contributed by atoms with Crippen molar-refractivity contribution in [3.63, 3.8) is 0 Å². The molecule has 0 unspecified atom stereocenters. The summed E-state index contributed by atoms with van der Waals surface area (Å²) in [5.74, 6) is 1.01. The van der Waals surface area contributed by atoms with Crippen LogP contribution in [-0.2, 0) is 4.79 Å². The molecule has 2 heterocycles. The molecule has 2 aliphatic carbocycles. The van der Waals surface area contributed by atoms with E-state index in [2.05, 4.69) is 64.9 Å². The van der Waals surface area contributed by atoms with Crippen LogP contribution in [0.25, 0.3) is 16.5 Å². The Labute approximate surface area is 182 Å². The molecule has 6 rings (SSSR count). The minimum atomic E-state index is 0.103. The SMILES string of the molecule is O=C1C[C@H](c2ccccc2)CC2=C1[C@H]([C@@H]1CC=CCC1)Nc1ccc3ncccc3c12. The fourth-order valence-electron chi connectivity index (χ4n) is 5.80. The molecule has 0 saturated carbocycles. The summed E-state index contributed by atoms with van der Waals surface area (Å²) in [4.78, 5) is 18.3. The average Bonchev–Trinajstić information content (AvgIpc) is 2.84. The summed E-state index contributed by atoms with van der Waals surface area (Å²) < 4.78 is 0. The van der Waals surface area contributed by atoms with Crippen LogP contribution in [0.15, 0.2) is 78.5 Å². The molecule has 1 aliphatic heterocycles. The molecule has 3 atom stereocenters. The Hall–Kier alpha value is -3.20. The number of aromatic nitrogens is 1. The summed E-state index contributed by atoms with van der Waals surface area (Å²) in [6, 6.07) is 19.1. The van der Waals surface area contributed by atoms with E-state index >= 15 is 0 Å². The van der Waals surface area contributed by atoms with Crippen LogP contribution in [0.1, 0.15) is 49.1 Å². The summed E-state index contributed by atoms with van der Waals surface area (Å²) in [5, 5.41) is 4.94. The van der Waals surface area contributed by atoms with E-state index in [1.807, 2.05) is 18.3 Å². The lowest BCUT2D eigenvalue weighted by Gasteiger charge is -2.40. The van der Waals surface area contributed by atoms with Gasteiger partial charge < -0.3 is 5.32 Å². The van der Waals surface area contributed by atoms with Gasteiger partial charge in [0.25, 0.3) is 0 Å². The highest BCUT2D eigenvalue weighted by Crippen LogP contribution is 2.49. The standard InChI is InChI=1S/C28H26N2O/c31-25-17-20(18-8-3-1-4-9-18)16-22-26-21-12-7-15-29-23(21)13-14-24(26)30-28(27(22)25)19-10-5-2-6-11-19/h1-5,7-9,12-15,19-20,28,30H,6,10-11,16-17H2/t19-,20-,28+/m1/s1. The van der Waals surface area contributed by atoms with Crippen LogP contribution in [0.2, 0.25) is 0 Å². The van der Waals surface area contributed by atoms with Crippen LogP contribution in [0, 0.1) is 5.92 Å². The Morgan fingerprint density at radius 3 is 2.68 bits per heavy atom. The van der Waals surface area contributed by atoms with E-state index in [0.717, 1.165) is 47.8 Å². The quantitative estimate of drug-likeness (QED) is 0.509. The number of hydrogen-bond acceptors (Lipinski definition) is 3. The molecule has 3 nitrogen and oxygen atoms in total. The molecular weight excluding hydrogens is 380 g/mol. The largest absolute Gasteiger partial charge is 0.377 e. The van der Waals surface area contributed by atoms with E-state index in [1.54, 1.807) is 0 Å². The molecule has 3 aliphatic rings. The maximum absolute atomic E-state index is 13.7. The molecule has 0 saturated heterocycles. The molecule has 31 heavy (non-hydrogen) atoms. The third-order valence-electron chi connectivity index (χ3n) is 7.27. The molecule has 1 N–H and O–H groups in total. The number of anilines is 1. The number of pyridine rings is 1. The summed E-state index contributed by atoms with van der Waals surface area (Å²) in [5.41, 5.74) is 6.88. The second-order valence-electron chi connectivity index (χ2n) is 9.06. The monoisotopic (exact) mass is 406 g/mol. The van der Waals surface area contributed by atoms with Crippen molar-refractivity contribution in [2.24, 2.45) is 5.92 Å². The Balaban J connectivity index is 1.54. The van der Waals surface area contributed by atoms with Crippen molar-refractivity contribution in [1.82, 2.24) is 4.98 Å². The number of ketones is 1. The molecule has 0 bridgehead atoms. The van der Waals surface area contributed by atoms with Crippen molar-refractivity contribution >= 4 is 27.9 Å². The molecule has 3 heteroatoms. The van der Waals surface area contributed by atoms with E-state index in [9.17, 15) is 4.79 Å². The van der Waals surface area contributed by atoms with Gasteiger partial charge in [-0.15, -0.1) is 0 Å². The van der Waals surface area contributed by atoms with Gasteiger partial charge >= 0.3 is 0 Å². The van der Waals surface area contributed by atoms with Gasteiger partial charge in [0.2, 0.25) is 0 Å². The van der Waals surface area contributed by atoms with Gasteiger partial charge in [0.05, 0.1) is 11.6 Å². The Kier molecular flexibility index (Phi) is 4.48. The lowest BCUT2D eigenvalue weighted by atomic mass is 9.69. The zero-order valence-corrected chi connectivity index (χ0v) is 17.6. The first-order valence-corrected chi connectivity index (χ1v) is 11.4. The van der Waals surface area contributed by atoms with Crippen molar-refractivity contribution in [3.8, 4) is 0 Å². The predicted molar refractivity (Wildman–Crippen MR) is 126 cm³/mol. The fraction of sp³-hybridized carbons (Fsp3) is 0.286. The highest BCUT2D eigenvalue weighted by molar-refractivity contribution is 6.12. The minimum absolute atomic E-state index is 0.103. The van der Waals surface area contributed by atoms with Crippen LogP contribution < -0.4 is 5.32 Å². The van der Waals surface area contributed by atoms with Crippen LogP contribution in [0.5, 0.6) is 0 Å². The average molecular weight is 407 g/mol. The number of nitrogens with zero attached hydrogens (tertiary/aromatic N) is 1. The van der Waals surface area contributed by atoms with E-state index in [0.29, 0.717) is 18.1 Å². The predicted octanol–water partition coefficient (Wildman–Crippen LogP) is 6.29. The van der Waals surface area contributed by atoms with E-state index in [-0.39, 0.29) is 12.0 Å². The number of hydrogen-bond donors (Lipinski definition) is 1. The number of carbonyl (C=O) groups is 1. The van der Waals surface area contributed by atoms with Crippen molar-refractivity contribution in [1.29, 1.82) is 0 Å². The van der Waals surface area contributed by atoms with Crippen LogP contribution >= 0.6 is 0 Å². The van der Waals surface area contributed by atoms with Crippen molar-refractivity contribution in [2.75, 3.05) is 5.32 Å². The Bertz CT molecular complexity index is 1220. The molecule has 0 fully saturated rings. The number of nitrogens with one attached hydrogen (secondary N) is 1. The van der Waals surface area contributed by atoms with Gasteiger partial charge in [0.15, 0.2) is 5.78 Å². The highest BCUT2D eigenvalue weighted by atomic mass is 16.1. The number of allylic oxidation sites excluding steroid dienone is 3. The van der Waals surface area contributed by atoms with Crippen LogP contribution in [0.4, 0.5) is 5.69 Å². The zero-order valence-electron chi connectivity index (χ0n) is 17.6. The second-order valence-corrected chi connectivity index (χ2v) is 9.06. The van der Waals surface area contributed by atoms with Gasteiger partial charge in [-0.1, -0.05) is 48.6 Å². The maximum Gasteiger partial charge on any atom is 0.161 e. The van der Waals surface area contributed by atoms with Gasteiger partial charge in [0.1, 0.15) is 0 Å². The third kappa shape index (κ3) is 3.11. The molecule has 1 aromatic heterocycles. The minimum Gasteiger partial charge on any atom is -0.377 e. The number of carbonyl (C=O) groups excluding carboxylic acids is 1. The van der Waals surface area contributed by atoms with Crippen molar-refractivity contribution < 1.29 is 4.79 Å².